The molecule has 4 rings (SSSR count). The van der Waals surface area contributed by atoms with E-state index < -0.39 is 0 Å². The number of ether oxygens (including phenoxy) is 2. The van der Waals surface area contributed by atoms with Crippen molar-refractivity contribution in [3.63, 3.8) is 0 Å². The molecular formula is C28H27N3O3S. The molecule has 0 unspecified atom stereocenters. The zero-order valence-electron chi connectivity index (χ0n) is 19.7. The number of hydrogen-bond acceptors (Lipinski definition) is 6. The van der Waals surface area contributed by atoms with Gasteiger partial charge in [-0.1, -0.05) is 72.8 Å². The van der Waals surface area contributed by atoms with Gasteiger partial charge in [0.25, 0.3) is 5.91 Å². The fourth-order valence-electron chi connectivity index (χ4n) is 3.58. The third kappa shape index (κ3) is 6.39. The molecule has 178 valence electrons. The van der Waals surface area contributed by atoms with Gasteiger partial charge in [-0.05, 0) is 28.8 Å². The molecule has 1 aromatic heterocycles. The van der Waals surface area contributed by atoms with E-state index in [0.717, 1.165) is 16.7 Å². The van der Waals surface area contributed by atoms with Gasteiger partial charge in [-0.2, -0.15) is 9.97 Å². The van der Waals surface area contributed by atoms with Crippen molar-refractivity contribution in [2.45, 2.75) is 5.25 Å². The lowest BCUT2D eigenvalue weighted by atomic mass is 10.0. The van der Waals surface area contributed by atoms with E-state index in [1.807, 2.05) is 72.8 Å². The van der Waals surface area contributed by atoms with Crippen LogP contribution in [0.15, 0.2) is 91.0 Å². The van der Waals surface area contributed by atoms with E-state index >= 15 is 0 Å². The van der Waals surface area contributed by atoms with E-state index in [9.17, 15) is 4.79 Å². The van der Waals surface area contributed by atoms with Crippen LogP contribution in [0.25, 0.3) is 11.1 Å². The van der Waals surface area contributed by atoms with Crippen LogP contribution in [0.2, 0.25) is 0 Å². The Hall–Kier alpha value is -3.84. The van der Waals surface area contributed by atoms with Crippen molar-refractivity contribution < 1.29 is 14.3 Å². The Labute approximate surface area is 209 Å². The second kappa shape index (κ2) is 12.0. The van der Waals surface area contributed by atoms with E-state index in [0.29, 0.717) is 35.4 Å². The van der Waals surface area contributed by atoms with Crippen LogP contribution in [-0.4, -0.2) is 42.4 Å². The molecule has 7 heteroatoms. The predicted molar refractivity (Wildman–Crippen MR) is 140 cm³/mol. The minimum Gasteiger partial charge on any atom is -0.481 e. The topological polar surface area (TPSA) is 73.3 Å². The van der Waals surface area contributed by atoms with E-state index in [4.69, 9.17) is 9.47 Å². The minimum absolute atomic E-state index is 0.0965. The van der Waals surface area contributed by atoms with Gasteiger partial charge in [0.15, 0.2) is 5.82 Å². The molecule has 0 saturated carbocycles. The third-order valence-electron chi connectivity index (χ3n) is 5.38. The molecule has 6 nitrogen and oxygen atoms in total. The van der Waals surface area contributed by atoms with Crippen molar-refractivity contribution >= 4 is 17.7 Å². The number of rotatable bonds is 10. The summed E-state index contributed by atoms with van der Waals surface area (Å²) in [6, 6.07) is 29.4. The number of carbonyl (C=O) groups is 1. The minimum atomic E-state index is -0.137. The van der Waals surface area contributed by atoms with E-state index in [1.54, 1.807) is 32.0 Å². The summed E-state index contributed by atoms with van der Waals surface area (Å²) < 4.78 is 10.7. The van der Waals surface area contributed by atoms with Crippen molar-refractivity contribution in [2.24, 2.45) is 0 Å². The molecule has 35 heavy (non-hydrogen) atoms. The zero-order valence-corrected chi connectivity index (χ0v) is 20.5. The number of thioether (sulfide) groups is 1. The van der Waals surface area contributed by atoms with Crippen LogP contribution in [0.3, 0.4) is 0 Å². The number of methoxy groups -OCH3 is 2. The molecule has 0 aliphatic heterocycles. The van der Waals surface area contributed by atoms with Gasteiger partial charge in [-0.15, -0.1) is 11.8 Å². The summed E-state index contributed by atoms with van der Waals surface area (Å²) in [6.07, 6.45) is 0. The maximum Gasteiger partial charge on any atom is 0.251 e. The van der Waals surface area contributed by atoms with Gasteiger partial charge in [0.1, 0.15) is 0 Å². The van der Waals surface area contributed by atoms with Gasteiger partial charge in [0.05, 0.1) is 25.5 Å². The molecule has 1 amide bonds. The first-order chi connectivity index (χ1) is 17.2. The average Bonchev–Trinajstić information content (AvgIpc) is 2.93. The maximum atomic E-state index is 12.7. The quantitative estimate of drug-likeness (QED) is 0.303. The maximum absolute atomic E-state index is 12.7. The Morgan fingerprint density at radius 3 is 2.00 bits per heavy atom. The first-order valence-corrected chi connectivity index (χ1v) is 12.3. The number of carbonyl (C=O) groups excluding carboxylic acids is 1. The standard InChI is InChI=1S/C28H27N3O3S/c1-33-24-19-25(34-2)31-27(30-24)26(22-11-7-4-8-12-22)35-18-17-29-28(32)23-15-13-21(14-16-23)20-9-5-3-6-10-20/h3-16,19,26H,17-18H2,1-2H3,(H,29,32)/t26-/m0/s1. The van der Waals surface area contributed by atoms with E-state index in [1.165, 1.54) is 0 Å². The van der Waals surface area contributed by atoms with Crippen molar-refractivity contribution in [3.8, 4) is 22.9 Å². The average molecular weight is 486 g/mol. The number of hydrogen-bond donors (Lipinski definition) is 1. The second-order valence-corrected chi connectivity index (χ2v) is 8.88. The van der Waals surface area contributed by atoms with Crippen LogP contribution in [0.1, 0.15) is 27.0 Å². The fourth-order valence-corrected chi connectivity index (χ4v) is 4.64. The summed E-state index contributed by atoms with van der Waals surface area (Å²) >= 11 is 1.65. The largest absolute Gasteiger partial charge is 0.481 e. The van der Waals surface area contributed by atoms with E-state index in [-0.39, 0.29) is 11.2 Å². The van der Waals surface area contributed by atoms with Gasteiger partial charge in [-0.25, -0.2) is 0 Å². The molecule has 0 aliphatic carbocycles. The molecule has 0 saturated heterocycles. The van der Waals surface area contributed by atoms with Crippen molar-refractivity contribution in [1.82, 2.24) is 15.3 Å². The number of benzene rings is 3. The lowest BCUT2D eigenvalue weighted by Gasteiger charge is -2.17. The first-order valence-electron chi connectivity index (χ1n) is 11.2. The lowest BCUT2D eigenvalue weighted by Crippen LogP contribution is -2.26. The van der Waals surface area contributed by atoms with Crippen LogP contribution >= 0.6 is 11.8 Å². The number of nitrogens with one attached hydrogen (secondary N) is 1. The van der Waals surface area contributed by atoms with Crippen LogP contribution < -0.4 is 14.8 Å². The molecule has 0 fully saturated rings. The van der Waals surface area contributed by atoms with Crippen molar-refractivity contribution in [2.75, 3.05) is 26.5 Å². The Balaban J connectivity index is 1.40. The first kappa shape index (κ1) is 24.3. The van der Waals surface area contributed by atoms with E-state index in [2.05, 4.69) is 27.4 Å². The molecule has 1 N–H and O–H groups in total. The highest BCUT2D eigenvalue weighted by Crippen LogP contribution is 2.35. The summed E-state index contributed by atoms with van der Waals surface area (Å²) in [7, 11) is 3.14. The Morgan fingerprint density at radius 2 is 1.40 bits per heavy atom. The number of aromatic nitrogens is 2. The summed E-state index contributed by atoms with van der Waals surface area (Å²) in [4.78, 5) is 21.8. The number of amides is 1. The third-order valence-corrected chi connectivity index (χ3v) is 6.63. The highest BCUT2D eigenvalue weighted by molar-refractivity contribution is 7.99. The molecule has 0 aliphatic rings. The molecule has 0 radical (unpaired) electrons. The van der Waals surface area contributed by atoms with Crippen LogP contribution in [0.5, 0.6) is 11.8 Å². The molecule has 4 aromatic rings. The predicted octanol–water partition coefficient (Wildman–Crippen LogP) is 5.41. The summed E-state index contributed by atoms with van der Waals surface area (Å²) in [5.41, 5.74) is 3.90. The summed E-state index contributed by atoms with van der Waals surface area (Å²) in [5.74, 6) is 2.07. The van der Waals surface area contributed by atoms with Crippen LogP contribution in [-0.2, 0) is 0 Å². The molecule has 1 heterocycles. The zero-order chi connectivity index (χ0) is 24.5. The van der Waals surface area contributed by atoms with Crippen molar-refractivity contribution in [1.29, 1.82) is 0 Å². The number of nitrogens with zero attached hydrogens (tertiary/aromatic N) is 2. The van der Waals surface area contributed by atoms with Gasteiger partial charge < -0.3 is 14.8 Å². The van der Waals surface area contributed by atoms with Crippen molar-refractivity contribution in [3.05, 3.63) is 108 Å². The van der Waals surface area contributed by atoms with Gasteiger partial charge in [0, 0.05) is 17.9 Å². The van der Waals surface area contributed by atoms with Gasteiger partial charge in [0.2, 0.25) is 11.8 Å². The van der Waals surface area contributed by atoms with Crippen LogP contribution in [0.4, 0.5) is 0 Å². The molecule has 3 aromatic carbocycles. The second-order valence-electron chi connectivity index (χ2n) is 7.67. The molecular weight excluding hydrogens is 458 g/mol. The Bertz CT molecular complexity index is 1210. The SMILES string of the molecule is COc1cc(OC)nc([C@@H](SCCNC(=O)c2ccc(-c3ccccc3)cc2)c2ccccc2)n1. The molecule has 1 atom stereocenters. The van der Waals surface area contributed by atoms with Crippen LogP contribution in [0, 0.1) is 0 Å². The van der Waals surface area contributed by atoms with Gasteiger partial charge >= 0.3 is 0 Å². The smallest absolute Gasteiger partial charge is 0.251 e. The lowest BCUT2D eigenvalue weighted by molar-refractivity contribution is 0.0956. The highest BCUT2D eigenvalue weighted by atomic mass is 32.2. The fraction of sp³-hybridized carbons (Fsp3) is 0.179. The Morgan fingerprint density at radius 1 is 0.829 bits per heavy atom. The normalized spacial score (nSPS) is 11.5. The summed E-state index contributed by atoms with van der Waals surface area (Å²) in [6.45, 7) is 0.508. The summed E-state index contributed by atoms with van der Waals surface area (Å²) in [5, 5.41) is 2.87. The van der Waals surface area contributed by atoms with Gasteiger partial charge in [-0.3, -0.25) is 4.79 Å². The Kier molecular flexibility index (Phi) is 8.35. The monoisotopic (exact) mass is 485 g/mol. The molecule has 0 spiro atoms. The molecule has 0 bridgehead atoms. The highest BCUT2D eigenvalue weighted by Gasteiger charge is 2.20.